The Morgan fingerprint density at radius 2 is 1.93 bits per heavy atom. The Balaban J connectivity index is 1.75. The minimum absolute atomic E-state index is 0.0349. The molecule has 1 aliphatic rings. The monoisotopic (exact) mass is 381 g/mol. The molecule has 3 atom stereocenters. The van der Waals surface area contributed by atoms with E-state index >= 15 is 0 Å². The minimum Gasteiger partial charge on any atom is -0.452 e. The first-order chi connectivity index (χ1) is 12.8. The third-order valence-corrected chi connectivity index (χ3v) is 4.92. The van der Waals surface area contributed by atoms with Crippen LogP contribution < -0.4 is 10.1 Å². The molecule has 1 fully saturated rings. The number of hydrogen-bond acceptors (Lipinski definition) is 4. The zero-order chi connectivity index (χ0) is 19.8. The van der Waals surface area contributed by atoms with Crippen molar-refractivity contribution in [2.24, 2.45) is 11.8 Å². The molecule has 0 spiro atoms. The molecule has 27 heavy (non-hydrogen) atoms. The van der Waals surface area contributed by atoms with Crippen LogP contribution in [0.15, 0.2) is 30.3 Å². The number of alkyl halides is 2. The summed E-state index contributed by atoms with van der Waals surface area (Å²) >= 11 is 0. The van der Waals surface area contributed by atoms with Crippen molar-refractivity contribution >= 4 is 18.0 Å². The van der Waals surface area contributed by atoms with Gasteiger partial charge in [0.2, 0.25) is 0 Å². The summed E-state index contributed by atoms with van der Waals surface area (Å²) in [6.07, 6.45) is 5.85. The SMILES string of the molecule is C[C@@H]1[C@H](C)CCC[C@H]1NC(=O)COC(=O)/C=C/c1ccc(OC(F)F)cc1. The smallest absolute Gasteiger partial charge is 0.387 e. The molecule has 0 radical (unpaired) electrons. The van der Waals surface area contributed by atoms with Crippen molar-refractivity contribution in [1.29, 1.82) is 0 Å². The van der Waals surface area contributed by atoms with E-state index in [1.807, 2.05) is 0 Å². The van der Waals surface area contributed by atoms with Crippen molar-refractivity contribution in [2.45, 2.75) is 45.8 Å². The number of rotatable bonds is 7. The van der Waals surface area contributed by atoms with Gasteiger partial charge >= 0.3 is 12.6 Å². The van der Waals surface area contributed by atoms with Gasteiger partial charge in [0.15, 0.2) is 6.61 Å². The Morgan fingerprint density at radius 1 is 1.22 bits per heavy atom. The van der Waals surface area contributed by atoms with Crippen LogP contribution in [0.4, 0.5) is 8.78 Å². The molecule has 0 aromatic heterocycles. The summed E-state index contributed by atoms with van der Waals surface area (Å²) in [5.74, 6) is 0.0364. The first-order valence-corrected chi connectivity index (χ1v) is 9.04. The lowest BCUT2D eigenvalue weighted by Crippen LogP contribution is -2.45. The van der Waals surface area contributed by atoms with Crippen molar-refractivity contribution in [3.05, 3.63) is 35.9 Å². The molecule has 1 amide bonds. The number of carbonyl (C=O) groups excluding carboxylic acids is 2. The Morgan fingerprint density at radius 3 is 2.59 bits per heavy atom. The van der Waals surface area contributed by atoms with Crippen LogP contribution in [0, 0.1) is 11.8 Å². The topological polar surface area (TPSA) is 64.6 Å². The summed E-state index contributed by atoms with van der Waals surface area (Å²) in [6.45, 7) is 1.09. The Kier molecular flexibility index (Phi) is 7.76. The maximum atomic E-state index is 12.1. The minimum atomic E-state index is -2.88. The second-order valence-corrected chi connectivity index (χ2v) is 6.83. The van der Waals surface area contributed by atoms with Gasteiger partial charge in [-0.15, -0.1) is 0 Å². The van der Waals surface area contributed by atoms with Crippen LogP contribution in [0.1, 0.15) is 38.7 Å². The van der Waals surface area contributed by atoms with Crippen LogP contribution in [0.25, 0.3) is 6.08 Å². The van der Waals surface area contributed by atoms with E-state index in [2.05, 4.69) is 23.9 Å². The molecular formula is C20H25F2NO4. The molecule has 0 aliphatic heterocycles. The zero-order valence-corrected chi connectivity index (χ0v) is 15.5. The van der Waals surface area contributed by atoms with Gasteiger partial charge in [0.05, 0.1) is 0 Å². The highest BCUT2D eigenvalue weighted by molar-refractivity contribution is 5.89. The lowest BCUT2D eigenvalue weighted by atomic mass is 9.78. The Hall–Kier alpha value is -2.44. The maximum absolute atomic E-state index is 12.1. The van der Waals surface area contributed by atoms with Gasteiger partial charge in [-0.1, -0.05) is 38.8 Å². The molecule has 0 saturated heterocycles. The number of nitrogens with one attached hydrogen (secondary N) is 1. The quantitative estimate of drug-likeness (QED) is 0.577. The number of halogens is 2. The second kappa shape index (κ2) is 10.0. The van der Waals surface area contributed by atoms with E-state index in [9.17, 15) is 18.4 Å². The highest BCUT2D eigenvalue weighted by atomic mass is 19.3. The van der Waals surface area contributed by atoms with Crippen molar-refractivity contribution in [2.75, 3.05) is 6.61 Å². The van der Waals surface area contributed by atoms with Gasteiger partial charge in [-0.3, -0.25) is 4.79 Å². The van der Waals surface area contributed by atoms with E-state index in [4.69, 9.17) is 4.74 Å². The number of carbonyl (C=O) groups is 2. The van der Waals surface area contributed by atoms with Gasteiger partial charge in [-0.05, 0) is 42.0 Å². The van der Waals surface area contributed by atoms with Gasteiger partial charge in [-0.2, -0.15) is 8.78 Å². The maximum Gasteiger partial charge on any atom is 0.387 e. The van der Waals surface area contributed by atoms with Crippen LogP contribution in [-0.2, 0) is 14.3 Å². The first-order valence-electron chi connectivity index (χ1n) is 9.04. The van der Waals surface area contributed by atoms with Gasteiger partial charge in [0.1, 0.15) is 5.75 Å². The number of ether oxygens (including phenoxy) is 2. The van der Waals surface area contributed by atoms with Crippen LogP contribution >= 0.6 is 0 Å². The molecular weight excluding hydrogens is 356 g/mol. The fourth-order valence-corrected chi connectivity index (χ4v) is 3.14. The molecule has 7 heteroatoms. The highest BCUT2D eigenvalue weighted by Crippen LogP contribution is 2.29. The van der Waals surface area contributed by atoms with E-state index in [-0.39, 0.29) is 24.3 Å². The van der Waals surface area contributed by atoms with Crippen LogP contribution in [0.2, 0.25) is 0 Å². The van der Waals surface area contributed by atoms with E-state index < -0.39 is 12.6 Å². The molecule has 1 aromatic carbocycles. The highest BCUT2D eigenvalue weighted by Gasteiger charge is 2.28. The summed E-state index contributed by atoms with van der Waals surface area (Å²) in [4.78, 5) is 23.7. The molecule has 5 nitrogen and oxygen atoms in total. The Bertz CT molecular complexity index is 660. The van der Waals surface area contributed by atoms with Crippen LogP contribution in [0.5, 0.6) is 5.75 Å². The lowest BCUT2D eigenvalue weighted by molar-refractivity contribution is -0.144. The van der Waals surface area contributed by atoms with Gasteiger partial charge < -0.3 is 14.8 Å². The second-order valence-electron chi connectivity index (χ2n) is 6.83. The molecule has 1 saturated carbocycles. The van der Waals surface area contributed by atoms with Crippen molar-refractivity contribution in [1.82, 2.24) is 5.32 Å². The largest absolute Gasteiger partial charge is 0.452 e. The molecule has 2 rings (SSSR count). The fraction of sp³-hybridized carbons (Fsp3) is 0.500. The molecule has 1 aliphatic carbocycles. The van der Waals surface area contributed by atoms with E-state index in [0.29, 0.717) is 17.4 Å². The molecule has 1 N–H and O–H groups in total. The number of hydrogen-bond donors (Lipinski definition) is 1. The predicted octanol–water partition coefficient (Wildman–Crippen LogP) is 3.79. The van der Waals surface area contributed by atoms with Crippen molar-refractivity contribution in [3.8, 4) is 5.75 Å². The van der Waals surface area contributed by atoms with Crippen LogP contribution in [0.3, 0.4) is 0 Å². The molecule has 148 valence electrons. The lowest BCUT2D eigenvalue weighted by Gasteiger charge is -2.34. The van der Waals surface area contributed by atoms with Crippen molar-refractivity contribution < 1.29 is 27.8 Å². The summed E-state index contributed by atoms with van der Waals surface area (Å²) in [6, 6.07) is 5.91. The standard InChI is InChI=1S/C20H25F2NO4/c1-13-4-3-5-17(14(13)2)23-18(24)12-26-19(25)11-8-15-6-9-16(10-7-15)27-20(21)22/h6-11,13-14,17,20H,3-5,12H2,1-2H3,(H,23,24)/b11-8+/t13-,14-,17-/m1/s1. The number of benzene rings is 1. The normalized spacial score (nSPS) is 22.6. The third kappa shape index (κ3) is 7.00. The fourth-order valence-electron chi connectivity index (χ4n) is 3.14. The first kappa shape index (κ1) is 20.9. The summed E-state index contributed by atoms with van der Waals surface area (Å²) in [7, 11) is 0. The van der Waals surface area contributed by atoms with E-state index in [0.717, 1.165) is 12.8 Å². The average Bonchev–Trinajstić information content (AvgIpc) is 2.63. The third-order valence-electron chi connectivity index (χ3n) is 4.92. The van der Waals surface area contributed by atoms with Crippen molar-refractivity contribution in [3.63, 3.8) is 0 Å². The number of esters is 1. The zero-order valence-electron chi connectivity index (χ0n) is 15.5. The Labute approximate surface area is 157 Å². The predicted molar refractivity (Wildman–Crippen MR) is 97.2 cm³/mol. The summed E-state index contributed by atoms with van der Waals surface area (Å²) in [5, 5.41) is 2.93. The molecule has 0 unspecified atom stereocenters. The van der Waals surface area contributed by atoms with Crippen LogP contribution in [-0.4, -0.2) is 31.1 Å². The number of amides is 1. The average molecular weight is 381 g/mol. The van der Waals surface area contributed by atoms with E-state index in [1.165, 1.54) is 42.8 Å². The summed E-state index contributed by atoms with van der Waals surface area (Å²) < 4.78 is 33.4. The van der Waals surface area contributed by atoms with Gasteiger partial charge in [0.25, 0.3) is 5.91 Å². The molecule has 0 bridgehead atoms. The van der Waals surface area contributed by atoms with E-state index in [1.54, 1.807) is 0 Å². The molecule has 0 heterocycles. The van der Waals surface area contributed by atoms with Gasteiger partial charge in [-0.25, -0.2) is 4.79 Å². The van der Waals surface area contributed by atoms with Gasteiger partial charge in [0, 0.05) is 12.1 Å². The summed E-state index contributed by atoms with van der Waals surface area (Å²) in [5.41, 5.74) is 0.614. The molecule has 1 aromatic rings.